The van der Waals surface area contributed by atoms with Crippen LogP contribution in [0.3, 0.4) is 0 Å². The third-order valence-electron chi connectivity index (χ3n) is 3.91. The van der Waals surface area contributed by atoms with Gasteiger partial charge in [0.25, 0.3) is 5.91 Å². The standard InChI is InChI=1S/C16H19N3O/c17-11-13-7-4-10-19(13)16(20)15-9-8-14(18-15)12-5-2-1-3-6-12/h1-3,5-6,8-9,13,18H,4,7,10-11,17H2. The molecule has 1 amide bonds. The maximum atomic E-state index is 12.5. The highest BCUT2D eigenvalue weighted by molar-refractivity contribution is 5.93. The lowest BCUT2D eigenvalue weighted by Crippen LogP contribution is -2.40. The fourth-order valence-corrected chi connectivity index (χ4v) is 2.81. The quantitative estimate of drug-likeness (QED) is 0.897. The number of aromatic nitrogens is 1. The van der Waals surface area contributed by atoms with Crippen LogP contribution in [0.2, 0.25) is 0 Å². The van der Waals surface area contributed by atoms with Crippen molar-refractivity contribution in [2.24, 2.45) is 5.73 Å². The summed E-state index contributed by atoms with van der Waals surface area (Å²) in [4.78, 5) is 17.6. The molecule has 1 aliphatic rings. The minimum absolute atomic E-state index is 0.0557. The molecule has 1 aliphatic heterocycles. The number of nitrogens with two attached hydrogens (primary N) is 1. The van der Waals surface area contributed by atoms with Gasteiger partial charge in [0.05, 0.1) is 0 Å². The first-order valence-corrected chi connectivity index (χ1v) is 7.05. The van der Waals surface area contributed by atoms with Gasteiger partial charge in [-0.1, -0.05) is 30.3 Å². The van der Waals surface area contributed by atoms with Crippen LogP contribution in [0.1, 0.15) is 23.3 Å². The van der Waals surface area contributed by atoms with E-state index in [9.17, 15) is 4.79 Å². The van der Waals surface area contributed by atoms with Crippen molar-refractivity contribution in [3.63, 3.8) is 0 Å². The Bertz CT molecular complexity index is 591. The van der Waals surface area contributed by atoms with Crippen LogP contribution in [0.5, 0.6) is 0 Å². The number of H-pyrrole nitrogens is 1. The van der Waals surface area contributed by atoms with Crippen LogP contribution in [-0.2, 0) is 0 Å². The fraction of sp³-hybridized carbons (Fsp3) is 0.312. The molecule has 0 bridgehead atoms. The van der Waals surface area contributed by atoms with Crippen molar-refractivity contribution in [2.75, 3.05) is 13.1 Å². The zero-order valence-corrected chi connectivity index (χ0v) is 11.4. The molecule has 4 nitrogen and oxygen atoms in total. The minimum Gasteiger partial charge on any atom is -0.351 e. The van der Waals surface area contributed by atoms with Crippen LogP contribution in [-0.4, -0.2) is 34.9 Å². The smallest absolute Gasteiger partial charge is 0.270 e. The first-order valence-electron chi connectivity index (χ1n) is 7.05. The molecule has 4 heteroatoms. The van der Waals surface area contributed by atoms with Crippen molar-refractivity contribution in [1.82, 2.24) is 9.88 Å². The Hall–Kier alpha value is -2.07. The van der Waals surface area contributed by atoms with E-state index in [1.165, 1.54) is 0 Å². The van der Waals surface area contributed by atoms with Crippen LogP contribution in [0.25, 0.3) is 11.3 Å². The Balaban J connectivity index is 1.82. The van der Waals surface area contributed by atoms with Gasteiger partial charge < -0.3 is 15.6 Å². The Labute approximate surface area is 118 Å². The largest absolute Gasteiger partial charge is 0.351 e. The second-order valence-corrected chi connectivity index (χ2v) is 5.18. The molecule has 0 aliphatic carbocycles. The number of likely N-dealkylation sites (tertiary alicyclic amines) is 1. The molecule has 20 heavy (non-hydrogen) atoms. The number of carbonyl (C=O) groups excluding carboxylic acids is 1. The van der Waals surface area contributed by atoms with Crippen LogP contribution in [0.4, 0.5) is 0 Å². The second-order valence-electron chi connectivity index (χ2n) is 5.18. The Kier molecular flexibility index (Phi) is 3.56. The third kappa shape index (κ3) is 2.34. The third-order valence-corrected chi connectivity index (χ3v) is 3.91. The van der Waals surface area contributed by atoms with Crippen molar-refractivity contribution in [2.45, 2.75) is 18.9 Å². The summed E-state index contributed by atoms with van der Waals surface area (Å²) in [6, 6.07) is 14.0. The van der Waals surface area contributed by atoms with Crippen molar-refractivity contribution >= 4 is 5.91 Å². The predicted molar refractivity (Wildman–Crippen MR) is 79.3 cm³/mol. The van der Waals surface area contributed by atoms with Gasteiger partial charge in [-0.15, -0.1) is 0 Å². The second kappa shape index (κ2) is 5.51. The summed E-state index contributed by atoms with van der Waals surface area (Å²) in [6.45, 7) is 1.35. The molecule has 1 atom stereocenters. The number of hydrogen-bond acceptors (Lipinski definition) is 2. The van der Waals surface area contributed by atoms with Gasteiger partial charge in [-0.3, -0.25) is 4.79 Å². The first-order chi connectivity index (χ1) is 9.79. The lowest BCUT2D eigenvalue weighted by Gasteiger charge is -2.22. The summed E-state index contributed by atoms with van der Waals surface area (Å²) >= 11 is 0. The van der Waals surface area contributed by atoms with E-state index in [1.54, 1.807) is 0 Å². The summed E-state index contributed by atoms with van der Waals surface area (Å²) in [7, 11) is 0. The summed E-state index contributed by atoms with van der Waals surface area (Å²) in [5.41, 5.74) is 8.43. The number of amides is 1. The van der Waals surface area contributed by atoms with Gasteiger partial charge in [-0.25, -0.2) is 0 Å². The molecule has 0 saturated carbocycles. The van der Waals surface area contributed by atoms with E-state index in [-0.39, 0.29) is 11.9 Å². The molecule has 1 saturated heterocycles. The fourth-order valence-electron chi connectivity index (χ4n) is 2.81. The molecular weight excluding hydrogens is 250 g/mol. The van der Waals surface area contributed by atoms with Gasteiger partial charge in [0.15, 0.2) is 0 Å². The monoisotopic (exact) mass is 269 g/mol. The summed E-state index contributed by atoms with van der Waals surface area (Å²) in [5.74, 6) is 0.0557. The van der Waals surface area contributed by atoms with Crippen LogP contribution in [0, 0.1) is 0 Å². The first kappa shape index (κ1) is 12.9. The van der Waals surface area contributed by atoms with Crippen molar-refractivity contribution < 1.29 is 4.79 Å². The topological polar surface area (TPSA) is 62.1 Å². The number of hydrogen-bond donors (Lipinski definition) is 2. The van der Waals surface area contributed by atoms with Crippen molar-refractivity contribution in [3.8, 4) is 11.3 Å². The SMILES string of the molecule is NCC1CCCN1C(=O)c1ccc(-c2ccccc2)[nH]1. The highest BCUT2D eigenvalue weighted by Gasteiger charge is 2.28. The van der Waals surface area contributed by atoms with Crippen molar-refractivity contribution in [1.29, 1.82) is 0 Å². The molecule has 3 N–H and O–H groups in total. The lowest BCUT2D eigenvalue weighted by atomic mass is 10.2. The average Bonchev–Trinajstić information content (AvgIpc) is 3.16. The molecule has 1 unspecified atom stereocenters. The van der Waals surface area contributed by atoms with Gasteiger partial charge in [-0.2, -0.15) is 0 Å². The van der Waals surface area contributed by atoms with Gasteiger partial charge >= 0.3 is 0 Å². The van der Waals surface area contributed by atoms with Crippen LogP contribution in [0.15, 0.2) is 42.5 Å². The summed E-state index contributed by atoms with van der Waals surface area (Å²) < 4.78 is 0. The average molecular weight is 269 g/mol. The zero-order chi connectivity index (χ0) is 13.9. The summed E-state index contributed by atoms with van der Waals surface area (Å²) in [6.07, 6.45) is 2.05. The molecule has 3 rings (SSSR count). The van der Waals surface area contributed by atoms with Crippen LogP contribution < -0.4 is 5.73 Å². The highest BCUT2D eigenvalue weighted by Crippen LogP contribution is 2.22. The Morgan fingerprint density at radius 1 is 1.25 bits per heavy atom. The molecule has 0 spiro atoms. The zero-order valence-electron chi connectivity index (χ0n) is 11.4. The molecule has 1 fully saturated rings. The highest BCUT2D eigenvalue weighted by atomic mass is 16.2. The van der Waals surface area contributed by atoms with E-state index >= 15 is 0 Å². The molecular formula is C16H19N3O. The van der Waals surface area contributed by atoms with E-state index in [1.807, 2.05) is 47.4 Å². The van der Waals surface area contributed by atoms with Crippen molar-refractivity contribution in [3.05, 3.63) is 48.2 Å². The molecule has 2 heterocycles. The predicted octanol–water partition coefficient (Wildman–Crippen LogP) is 2.24. The minimum atomic E-state index is 0.0557. The molecule has 1 aromatic heterocycles. The molecule has 2 aromatic rings. The number of nitrogens with one attached hydrogen (secondary N) is 1. The maximum Gasteiger partial charge on any atom is 0.270 e. The summed E-state index contributed by atoms with van der Waals surface area (Å²) in [5, 5.41) is 0. The Morgan fingerprint density at radius 3 is 2.80 bits per heavy atom. The van der Waals surface area contributed by atoms with E-state index in [0.717, 1.165) is 30.6 Å². The van der Waals surface area contributed by atoms with Gasteiger partial charge in [0.1, 0.15) is 5.69 Å². The molecule has 104 valence electrons. The van der Waals surface area contributed by atoms with E-state index < -0.39 is 0 Å². The van der Waals surface area contributed by atoms with E-state index in [0.29, 0.717) is 12.2 Å². The number of aromatic amines is 1. The van der Waals surface area contributed by atoms with Gasteiger partial charge in [-0.05, 0) is 30.5 Å². The van der Waals surface area contributed by atoms with E-state index in [2.05, 4.69) is 4.98 Å². The number of rotatable bonds is 3. The lowest BCUT2D eigenvalue weighted by molar-refractivity contribution is 0.0736. The van der Waals surface area contributed by atoms with E-state index in [4.69, 9.17) is 5.73 Å². The van der Waals surface area contributed by atoms with Gasteiger partial charge in [0.2, 0.25) is 0 Å². The molecule has 0 radical (unpaired) electrons. The number of nitrogens with zero attached hydrogens (tertiary/aromatic N) is 1. The normalized spacial score (nSPS) is 18.4. The van der Waals surface area contributed by atoms with Crippen LogP contribution >= 0.6 is 0 Å². The molecule has 1 aromatic carbocycles. The number of benzene rings is 1. The number of carbonyl (C=O) groups is 1. The maximum absolute atomic E-state index is 12.5. The van der Waals surface area contributed by atoms with Gasteiger partial charge in [0, 0.05) is 24.8 Å². The Morgan fingerprint density at radius 2 is 2.05 bits per heavy atom.